The molecule has 9 heteroatoms. The standard InChI is InChI=1S/C22H29ClN6O2/c1-14(2)12-24-20(30)18-11-17-19(26-13-25-17)22(28-18)7-9-29(10-8-22)21(31)27-16-6-4-3-5-15(16)23/h3-6,13-14,18,28H,7-12H2,1-2H3,(H,24,30)(H,25,26)(H,27,31)/t18-/m0/s1. The van der Waals surface area contributed by atoms with Gasteiger partial charge in [0.1, 0.15) is 0 Å². The van der Waals surface area contributed by atoms with E-state index >= 15 is 0 Å². The molecular weight excluding hydrogens is 416 g/mol. The van der Waals surface area contributed by atoms with Crippen molar-refractivity contribution in [3.8, 4) is 0 Å². The van der Waals surface area contributed by atoms with Gasteiger partial charge in [-0.3, -0.25) is 10.1 Å². The molecule has 1 aromatic heterocycles. The summed E-state index contributed by atoms with van der Waals surface area (Å²) in [6, 6.07) is 6.69. The van der Waals surface area contributed by atoms with Gasteiger partial charge in [0.2, 0.25) is 5.91 Å². The fraction of sp³-hybridized carbons (Fsp3) is 0.500. The summed E-state index contributed by atoms with van der Waals surface area (Å²) in [6.07, 6.45) is 3.63. The van der Waals surface area contributed by atoms with Crippen LogP contribution in [0.1, 0.15) is 38.1 Å². The summed E-state index contributed by atoms with van der Waals surface area (Å²) in [5.74, 6) is 0.399. The number of aromatic nitrogens is 2. The molecule has 1 aromatic carbocycles. The number of piperidine rings is 1. The Hall–Kier alpha value is -2.58. The maximum atomic E-state index is 12.8. The number of imidazole rings is 1. The Kier molecular flexibility index (Phi) is 6.20. The van der Waals surface area contributed by atoms with Gasteiger partial charge in [-0.15, -0.1) is 0 Å². The molecule has 1 atom stereocenters. The normalized spacial score (nSPS) is 19.9. The third kappa shape index (κ3) is 4.55. The van der Waals surface area contributed by atoms with Crippen LogP contribution in [0.2, 0.25) is 5.02 Å². The van der Waals surface area contributed by atoms with E-state index < -0.39 is 5.54 Å². The number of rotatable bonds is 4. The summed E-state index contributed by atoms with van der Waals surface area (Å²) in [6.45, 7) is 5.90. The number of hydrogen-bond donors (Lipinski definition) is 4. The van der Waals surface area contributed by atoms with Gasteiger partial charge in [0.05, 0.1) is 34.3 Å². The van der Waals surface area contributed by atoms with E-state index in [1.165, 1.54) is 0 Å². The zero-order valence-electron chi connectivity index (χ0n) is 17.9. The average molecular weight is 445 g/mol. The van der Waals surface area contributed by atoms with Gasteiger partial charge in [0, 0.05) is 31.7 Å². The lowest BCUT2D eigenvalue weighted by Gasteiger charge is -2.46. The highest BCUT2D eigenvalue weighted by Gasteiger charge is 2.46. The van der Waals surface area contributed by atoms with Gasteiger partial charge in [-0.1, -0.05) is 37.6 Å². The van der Waals surface area contributed by atoms with Gasteiger partial charge in [0.15, 0.2) is 0 Å². The minimum absolute atomic E-state index is 0.00668. The lowest BCUT2D eigenvalue weighted by atomic mass is 9.78. The number of nitrogens with one attached hydrogen (secondary N) is 4. The molecule has 2 aromatic rings. The summed E-state index contributed by atoms with van der Waals surface area (Å²) in [5.41, 5.74) is 2.14. The first-order valence-corrected chi connectivity index (χ1v) is 11.1. The van der Waals surface area contributed by atoms with Gasteiger partial charge in [-0.25, -0.2) is 9.78 Å². The van der Waals surface area contributed by atoms with Gasteiger partial charge in [0.25, 0.3) is 0 Å². The average Bonchev–Trinajstić information content (AvgIpc) is 3.24. The number of likely N-dealkylation sites (tertiary alicyclic amines) is 1. The maximum Gasteiger partial charge on any atom is 0.321 e. The van der Waals surface area contributed by atoms with Crippen LogP contribution < -0.4 is 16.0 Å². The number of fused-ring (bicyclic) bond motifs is 2. The zero-order chi connectivity index (χ0) is 22.0. The molecule has 0 bridgehead atoms. The number of para-hydroxylation sites is 1. The molecule has 0 unspecified atom stereocenters. The number of halogens is 1. The van der Waals surface area contributed by atoms with Crippen molar-refractivity contribution in [2.45, 2.75) is 44.7 Å². The lowest BCUT2D eigenvalue weighted by Crippen LogP contribution is -2.62. The molecule has 0 saturated carbocycles. The molecule has 3 heterocycles. The van der Waals surface area contributed by atoms with Crippen LogP contribution in [0.25, 0.3) is 0 Å². The van der Waals surface area contributed by atoms with Crippen molar-refractivity contribution in [1.82, 2.24) is 25.5 Å². The van der Waals surface area contributed by atoms with Gasteiger partial charge >= 0.3 is 6.03 Å². The van der Waals surface area contributed by atoms with E-state index in [9.17, 15) is 9.59 Å². The van der Waals surface area contributed by atoms with Gasteiger partial charge in [-0.2, -0.15) is 0 Å². The van der Waals surface area contributed by atoms with Crippen molar-refractivity contribution in [2.75, 3.05) is 25.0 Å². The van der Waals surface area contributed by atoms with Crippen LogP contribution in [0.4, 0.5) is 10.5 Å². The molecule has 0 aliphatic carbocycles. The van der Waals surface area contributed by atoms with E-state index in [0.29, 0.717) is 55.5 Å². The topological polar surface area (TPSA) is 102 Å². The molecule has 0 radical (unpaired) electrons. The third-order valence-electron chi connectivity index (χ3n) is 6.05. The summed E-state index contributed by atoms with van der Waals surface area (Å²) >= 11 is 6.17. The molecular formula is C22H29ClN6O2. The maximum absolute atomic E-state index is 12.8. The number of hydrogen-bond acceptors (Lipinski definition) is 4. The largest absolute Gasteiger partial charge is 0.354 e. The zero-order valence-corrected chi connectivity index (χ0v) is 18.6. The van der Waals surface area contributed by atoms with Crippen LogP contribution in [-0.2, 0) is 16.8 Å². The SMILES string of the molecule is CC(C)CNC(=O)[C@@H]1Cc2[nH]cnc2C2(CCN(C(=O)Nc3ccccc3Cl)CC2)N1. The number of amides is 3. The highest BCUT2D eigenvalue weighted by atomic mass is 35.5. The molecule has 166 valence electrons. The fourth-order valence-electron chi connectivity index (χ4n) is 4.36. The van der Waals surface area contributed by atoms with Crippen molar-refractivity contribution in [1.29, 1.82) is 0 Å². The smallest absolute Gasteiger partial charge is 0.321 e. The minimum Gasteiger partial charge on any atom is -0.354 e. The lowest BCUT2D eigenvalue weighted by molar-refractivity contribution is -0.124. The summed E-state index contributed by atoms with van der Waals surface area (Å²) in [5, 5.41) is 10.0. The quantitative estimate of drug-likeness (QED) is 0.582. The number of carbonyl (C=O) groups excluding carboxylic acids is 2. The number of aromatic amines is 1. The number of urea groups is 1. The summed E-state index contributed by atoms with van der Waals surface area (Å²) < 4.78 is 0. The number of H-pyrrole nitrogens is 1. The van der Waals surface area contributed by atoms with E-state index in [1.54, 1.807) is 23.4 Å². The van der Waals surface area contributed by atoms with E-state index in [2.05, 4.69) is 39.8 Å². The van der Waals surface area contributed by atoms with Crippen LogP contribution in [0.3, 0.4) is 0 Å². The van der Waals surface area contributed by atoms with Crippen LogP contribution >= 0.6 is 11.6 Å². The molecule has 31 heavy (non-hydrogen) atoms. The molecule has 2 aliphatic heterocycles. The summed E-state index contributed by atoms with van der Waals surface area (Å²) in [4.78, 5) is 35.1. The molecule has 1 fully saturated rings. The van der Waals surface area contributed by atoms with Gasteiger partial charge < -0.3 is 20.5 Å². The molecule has 4 rings (SSSR count). The summed E-state index contributed by atoms with van der Waals surface area (Å²) in [7, 11) is 0. The molecule has 4 N–H and O–H groups in total. The predicted molar refractivity (Wildman–Crippen MR) is 120 cm³/mol. The Morgan fingerprint density at radius 2 is 2.03 bits per heavy atom. The second kappa shape index (κ2) is 8.88. The van der Waals surface area contributed by atoms with Crippen molar-refractivity contribution in [2.24, 2.45) is 5.92 Å². The Morgan fingerprint density at radius 3 is 2.74 bits per heavy atom. The van der Waals surface area contributed by atoms with Crippen LogP contribution in [0.15, 0.2) is 30.6 Å². The highest BCUT2D eigenvalue weighted by Crippen LogP contribution is 2.37. The number of benzene rings is 1. The molecule has 8 nitrogen and oxygen atoms in total. The Morgan fingerprint density at radius 1 is 1.29 bits per heavy atom. The van der Waals surface area contributed by atoms with E-state index in [1.807, 2.05) is 12.1 Å². The first-order valence-electron chi connectivity index (χ1n) is 10.8. The third-order valence-corrected chi connectivity index (χ3v) is 6.38. The van der Waals surface area contributed by atoms with Crippen molar-refractivity contribution < 1.29 is 9.59 Å². The minimum atomic E-state index is -0.422. The second-order valence-corrected chi connectivity index (χ2v) is 9.16. The molecule has 2 aliphatic rings. The highest BCUT2D eigenvalue weighted by molar-refractivity contribution is 6.33. The molecule has 3 amide bonds. The first kappa shape index (κ1) is 21.6. The predicted octanol–water partition coefficient (Wildman–Crippen LogP) is 2.87. The van der Waals surface area contributed by atoms with Crippen molar-refractivity contribution in [3.63, 3.8) is 0 Å². The van der Waals surface area contributed by atoms with Crippen LogP contribution in [-0.4, -0.2) is 52.5 Å². The second-order valence-electron chi connectivity index (χ2n) is 8.75. The number of carbonyl (C=O) groups is 2. The number of nitrogens with zero attached hydrogens (tertiary/aromatic N) is 2. The fourth-order valence-corrected chi connectivity index (χ4v) is 4.54. The van der Waals surface area contributed by atoms with Crippen LogP contribution in [0.5, 0.6) is 0 Å². The van der Waals surface area contributed by atoms with E-state index in [-0.39, 0.29) is 18.0 Å². The molecule has 1 saturated heterocycles. The van der Waals surface area contributed by atoms with Crippen molar-refractivity contribution in [3.05, 3.63) is 47.0 Å². The Balaban J connectivity index is 1.44. The molecule has 1 spiro atoms. The van der Waals surface area contributed by atoms with Crippen LogP contribution in [0, 0.1) is 5.92 Å². The number of anilines is 1. The Labute approximate surface area is 187 Å². The monoisotopic (exact) mass is 444 g/mol. The van der Waals surface area contributed by atoms with E-state index in [4.69, 9.17) is 11.6 Å². The van der Waals surface area contributed by atoms with Gasteiger partial charge in [-0.05, 0) is 30.9 Å². The van der Waals surface area contributed by atoms with E-state index in [0.717, 1.165) is 11.4 Å². The first-order chi connectivity index (χ1) is 14.9. The van der Waals surface area contributed by atoms with Crippen molar-refractivity contribution >= 4 is 29.2 Å². The Bertz CT molecular complexity index is 951.